The number of pyridine rings is 1. The maximum Gasteiger partial charge on any atom is 0.417 e. The van der Waals surface area contributed by atoms with E-state index in [9.17, 15) is 13.2 Å². The third-order valence-corrected chi connectivity index (χ3v) is 5.96. The fourth-order valence-corrected chi connectivity index (χ4v) is 3.68. The average Bonchev–Trinajstić information content (AvgIpc) is 2.79. The number of rotatable bonds is 11. The molecular weight excluding hydrogens is 473 g/mol. The second-order valence-corrected chi connectivity index (χ2v) is 9.16. The van der Waals surface area contributed by atoms with Crippen LogP contribution in [0, 0.1) is 5.92 Å². The van der Waals surface area contributed by atoms with Crippen molar-refractivity contribution in [1.29, 1.82) is 0 Å². The Bertz CT molecular complexity index is 1060. The number of hydrogen-bond donors (Lipinski definition) is 1. The van der Waals surface area contributed by atoms with Crippen molar-refractivity contribution in [2.45, 2.75) is 51.9 Å². The summed E-state index contributed by atoms with van der Waals surface area (Å²) in [6.45, 7) is 15.5. The van der Waals surface area contributed by atoms with Gasteiger partial charge in [-0.05, 0) is 63.5 Å². The molecule has 35 heavy (non-hydrogen) atoms. The molecule has 1 N–H and O–H groups in total. The summed E-state index contributed by atoms with van der Waals surface area (Å²) in [5, 5.41) is 4.12. The van der Waals surface area contributed by atoms with E-state index in [1.54, 1.807) is 19.9 Å². The molecule has 1 aromatic heterocycles. The number of ether oxygens (including phenoxy) is 1. The van der Waals surface area contributed by atoms with Gasteiger partial charge in [-0.25, -0.2) is 4.98 Å². The van der Waals surface area contributed by atoms with Crippen molar-refractivity contribution < 1.29 is 17.9 Å². The highest BCUT2D eigenvalue weighted by molar-refractivity contribution is 6.30. The lowest BCUT2D eigenvalue weighted by molar-refractivity contribution is -0.137. The Labute approximate surface area is 211 Å². The molecule has 188 valence electrons. The summed E-state index contributed by atoms with van der Waals surface area (Å²) >= 11 is 6.05. The monoisotopic (exact) mass is 504 g/mol. The van der Waals surface area contributed by atoms with E-state index in [-0.39, 0.29) is 17.8 Å². The second-order valence-electron chi connectivity index (χ2n) is 8.73. The second kappa shape index (κ2) is 12.1. The van der Waals surface area contributed by atoms with Gasteiger partial charge < -0.3 is 10.1 Å². The molecule has 0 saturated heterocycles. The molecule has 0 saturated carbocycles. The van der Waals surface area contributed by atoms with Gasteiger partial charge in [0, 0.05) is 34.9 Å². The Morgan fingerprint density at radius 1 is 1.17 bits per heavy atom. The smallest absolute Gasteiger partial charge is 0.417 e. The highest BCUT2D eigenvalue weighted by atomic mass is 35.5. The van der Waals surface area contributed by atoms with Gasteiger partial charge in [-0.2, -0.15) is 13.2 Å². The number of benzene rings is 1. The molecular formula is C28H32ClF3N2O. The van der Waals surface area contributed by atoms with Crippen molar-refractivity contribution in [2.24, 2.45) is 5.92 Å². The standard InChI is InChI=1S/C28H32ClF3N2O/c1-7-9-10-22(8-2)25(17-21-11-14-24(29)15-12-21)19(3)34-20(4)27(5,6)35-26-16-13-23(18-33-26)28(30,31)32/h7-16,18-19,25,34H,1,4,17H2,2-3,5-6H3/b10-9-,22-8+. The number of halogens is 4. The molecule has 0 radical (unpaired) electrons. The molecule has 1 heterocycles. The van der Waals surface area contributed by atoms with Gasteiger partial charge in [0.25, 0.3) is 0 Å². The minimum absolute atomic E-state index is 0.0534. The molecule has 7 heteroatoms. The number of aromatic nitrogens is 1. The van der Waals surface area contributed by atoms with Gasteiger partial charge in [0.05, 0.1) is 5.56 Å². The van der Waals surface area contributed by atoms with Crippen molar-refractivity contribution >= 4 is 11.6 Å². The molecule has 0 amide bonds. The van der Waals surface area contributed by atoms with Crippen LogP contribution in [0.1, 0.15) is 38.8 Å². The quantitative estimate of drug-likeness (QED) is 0.315. The molecule has 0 spiro atoms. The summed E-state index contributed by atoms with van der Waals surface area (Å²) in [6.07, 6.45) is 4.78. The third-order valence-electron chi connectivity index (χ3n) is 5.71. The fraction of sp³-hybridized carbons (Fsp3) is 0.321. The van der Waals surface area contributed by atoms with Crippen molar-refractivity contribution in [2.75, 3.05) is 0 Å². The van der Waals surface area contributed by atoms with Gasteiger partial charge in [-0.15, -0.1) is 0 Å². The average molecular weight is 505 g/mol. The number of nitrogens with one attached hydrogen (secondary N) is 1. The maximum absolute atomic E-state index is 12.8. The summed E-state index contributed by atoms with van der Waals surface area (Å²) in [5.41, 5.74) is 1.07. The predicted molar refractivity (Wildman–Crippen MR) is 137 cm³/mol. The largest absolute Gasteiger partial charge is 0.465 e. The SMILES string of the molecule is C=C/C=C\C(=C/C)C(Cc1ccc(Cl)cc1)C(C)NC(=C)C(C)(C)Oc1ccc(C(F)(F)F)cn1. The Morgan fingerprint density at radius 2 is 1.83 bits per heavy atom. The molecule has 0 aliphatic carbocycles. The van der Waals surface area contributed by atoms with E-state index < -0.39 is 17.3 Å². The summed E-state index contributed by atoms with van der Waals surface area (Å²) < 4.78 is 44.4. The minimum Gasteiger partial charge on any atom is -0.465 e. The van der Waals surface area contributed by atoms with Crippen LogP contribution in [0.5, 0.6) is 5.88 Å². The molecule has 2 aromatic rings. The minimum atomic E-state index is -4.45. The molecule has 0 bridgehead atoms. The van der Waals surface area contributed by atoms with Gasteiger partial charge in [0.15, 0.2) is 0 Å². The predicted octanol–water partition coefficient (Wildman–Crippen LogP) is 7.95. The molecule has 1 aromatic carbocycles. The maximum atomic E-state index is 12.8. The Balaban J connectivity index is 2.20. The van der Waals surface area contributed by atoms with Crippen molar-refractivity contribution in [3.63, 3.8) is 0 Å². The lowest BCUT2D eigenvalue weighted by atomic mass is 9.85. The van der Waals surface area contributed by atoms with Crippen LogP contribution in [0.25, 0.3) is 0 Å². The highest BCUT2D eigenvalue weighted by Crippen LogP contribution is 2.31. The van der Waals surface area contributed by atoms with Crippen LogP contribution in [0.2, 0.25) is 5.02 Å². The molecule has 3 nitrogen and oxygen atoms in total. The van der Waals surface area contributed by atoms with Gasteiger partial charge >= 0.3 is 6.18 Å². The van der Waals surface area contributed by atoms with E-state index in [1.807, 2.05) is 43.3 Å². The summed E-state index contributed by atoms with van der Waals surface area (Å²) in [5.74, 6) is 0.161. The Morgan fingerprint density at radius 3 is 2.34 bits per heavy atom. The van der Waals surface area contributed by atoms with Gasteiger partial charge in [-0.1, -0.05) is 61.2 Å². The van der Waals surface area contributed by atoms with E-state index in [0.29, 0.717) is 10.7 Å². The zero-order valence-electron chi connectivity index (χ0n) is 20.5. The first-order chi connectivity index (χ1) is 16.4. The van der Waals surface area contributed by atoms with Gasteiger partial charge in [0.2, 0.25) is 5.88 Å². The molecule has 0 aliphatic rings. The number of alkyl halides is 3. The van der Waals surface area contributed by atoms with Gasteiger partial charge in [0.1, 0.15) is 5.60 Å². The topological polar surface area (TPSA) is 34.1 Å². The van der Waals surface area contributed by atoms with Crippen LogP contribution in [0.3, 0.4) is 0 Å². The van der Waals surface area contributed by atoms with Crippen LogP contribution >= 0.6 is 11.6 Å². The van der Waals surface area contributed by atoms with Crippen LogP contribution in [-0.4, -0.2) is 16.6 Å². The van der Waals surface area contributed by atoms with Gasteiger partial charge in [-0.3, -0.25) is 0 Å². The molecule has 2 unspecified atom stereocenters. The fourth-order valence-electron chi connectivity index (χ4n) is 3.55. The van der Waals surface area contributed by atoms with E-state index in [1.165, 1.54) is 6.07 Å². The van der Waals surface area contributed by atoms with Crippen LogP contribution in [0.4, 0.5) is 13.2 Å². The lowest BCUT2D eigenvalue weighted by Gasteiger charge is -2.34. The Hall–Kier alpha value is -2.99. The van der Waals surface area contributed by atoms with Crippen LogP contribution in [0.15, 0.2) is 91.3 Å². The summed E-state index contributed by atoms with van der Waals surface area (Å²) in [7, 11) is 0. The normalized spacial score (nSPS) is 14.5. The van der Waals surface area contributed by atoms with E-state index in [4.69, 9.17) is 16.3 Å². The van der Waals surface area contributed by atoms with E-state index in [0.717, 1.165) is 29.8 Å². The number of hydrogen-bond acceptors (Lipinski definition) is 3. The first-order valence-corrected chi connectivity index (χ1v) is 11.6. The molecule has 2 atom stereocenters. The summed E-state index contributed by atoms with van der Waals surface area (Å²) in [6, 6.07) is 9.85. The molecule has 0 aliphatic heterocycles. The zero-order valence-corrected chi connectivity index (χ0v) is 21.3. The van der Waals surface area contributed by atoms with E-state index >= 15 is 0 Å². The Kier molecular flexibility index (Phi) is 9.78. The molecule has 0 fully saturated rings. The number of allylic oxidation sites excluding steroid dienone is 4. The van der Waals surface area contributed by atoms with E-state index in [2.05, 4.69) is 36.5 Å². The van der Waals surface area contributed by atoms with Crippen LogP contribution < -0.4 is 10.1 Å². The zero-order chi connectivity index (χ0) is 26.2. The highest BCUT2D eigenvalue weighted by Gasteiger charge is 2.32. The molecule has 2 rings (SSSR count). The first-order valence-electron chi connectivity index (χ1n) is 11.2. The lowest BCUT2D eigenvalue weighted by Crippen LogP contribution is -2.44. The third kappa shape index (κ3) is 8.32. The first kappa shape index (κ1) is 28.2. The van der Waals surface area contributed by atoms with Crippen LogP contribution in [-0.2, 0) is 12.6 Å². The summed E-state index contributed by atoms with van der Waals surface area (Å²) in [4.78, 5) is 3.82. The van der Waals surface area contributed by atoms with Crippen molar-refractivity contribution in [3.05, 3.63) is 107 Å². The van der Waals surface area contributed by atoms with Crippen molar-refractivity contribution in [3.8, 4) is 5.88 Å². The van der Waals surface area contributed by atoms with Crippen molar-refractivity contribution in [1.82, 2.24) is 10.3 Å². The number of nitrogens with zero attached hydrogens (tertiary/aromatic N) is 1.